The molecule has 0 aliphatic rings. The highest BCUT2D eigenvalue weighted by Gasteiger charge is 2.12. The Labute approximate surface area is 129 Å². The van der Waals surface area contributed by atoms with Gasteiger partial charge in [-0.15, -0.1) is 12.4 Å². The summed E-state index contributed by atoms with van der Waals surface area (Å²) in [6.07, 6.45) is 1.80. The number of nitrogens with zero attached hydrogens (tertiary/aromatic N) is 1. The van der Waals surface area contributed by atoms with Crippen LogP contribution in [0.2, 0.25) is 0 Å². The molecule has 0 spiro atoms. The Bertz CT molecular complexity index is 744. The van der Waals surface area contributed by atoms with E-state index in [-0.39, 0.29) is 12.4 Å². The lowest BCUT2D eigenvalue weighted by atomic mass is 10.0. The molecule has 0 unspecified atom stereocenters. The van der Waals surface area contributed by atoms with Crippen LogP contribution in [0.15, 0.2) is 54.7 Å². The maximum Gasteiger partial charge on any atom is 0.168 e. The maximum atomic E-state index is 5.49. The van der Waals surface area contributed by atoms with E-state index in [1.54, 1.807) is 20.4 Å². The number of halogens is 1. The predicted molar refractivity (Wildman–Crippen MR) is 87.5 cm³/mol. The molecular formula is C17H16ClNO2. The molecule has 2 aromatic carbocycles. The first kappa shape index (κ1) is 15.1. The molecule has 0 saturated heterocycles. The van der Waals surface area contributed by atoms with Crippen molar-refractivity contribution in [3.8, 4) is 22.8 Å². The van der Waals surface area contributed by atoms with Crippen molar-refractivity contribution in [3.63, 3.8) is 0 Å². The van der Waals surface area contributed by atoms with Gasteiger partial charge in [-0.05, 0) is 18.2 Å². The van der Waals surface area contributed by atoms with E-state index in [2.05, 4.69) is 17.1 Å². The van der Waals surface area contributed by atoms with Crippen LogP contribution < -0.4 is 9.47 Å². The fraction of sp³-hybridized carbons (Fsp3) is 0.118. The van der Waals surface area contributed by atoms with Crippen LogP contribution in [0.5, 0.6) is 11.5 Å². The van der Waals surface area contributed by atoms with Gasteiger partial charge in [-0.2, -0.15) is 0 Å². The monoisotopic (exact) mass is 301 g/mol. The van der Waals surface area contributed by atoms with E-state index < -0.39 is 0 Å². The van der Waals surface area contributed by atoms with Crippen molar-refractivity contribution in [2.75, 3.05) is 14.2 Å². The second-order valence-corrected chi connectivity index (χ2v) is 4.42. The quantitative estimate of drug-likeness (QED) is 0.721. The van der Waals surface area contributed by atoms with E-state index in [9.17, 15) is 0 Å². The Morgan fingerprint density at radius 2 is 1.57 bits per heavy atom. The van der Waals surface area contributed by atoms with Crippen molar-refractivity contribution in [3.05, 3.63) is 54.7 Å². The maximum absolute atomic E-state index is 5.49. The van der Waals surface area contributed by atoms with Crippen molar-refractivity contribution in [2.45, 2.75) is 0 Å². The van der Waals surface area contributed by atoms with Crippen LogP contribution >= 0.6 is 12.4 Å². The highest BCUT2D eigenvalue weighted by Crippen LogP contribution is 2.38. The minimum Gasteiger partial charge on any atom is -0.493 e. The van der Waals surface area contributed by atoms with Crippen LogP contribution in [0.1, 0.15) is 0 Å². The largest absolute Gasteiger partial charge is 0.493 e. The molecular weight excluding hydrogens is 286 g/mol. The first-order chi connectivity index (χ1) is 9.85. The number of ether oxygens (including phenoxy) is 2. The van der Waals surface area contributed by atoms with Crippen LogP contribution in [0.3, 0.4) is 0 Å². The van der Waals surface area contributed by atoms with E-state index in [1.165, 1.54) is 0 Å². The van der Waals surface area contributed by atoms with E-state index in [1.807, 2.05) is 36.4 Å². The lowest BCUT2D eigenvalue weighted by molar-refractivity contribution is 0.358. The number of aromatic nitrogens is 1. The molecule has 3 aromatic rings. The Balaban J connectivity index is 0.00000161. The average Bonchev–Trinajstić information content (AvgIpc) is 2.53. The number of fused-ring (bicyclic) bond motifs is 1. The van der Waals surface area contributed by atoms with Crippen molar-refractivity contribution in [1.29, 1.82) is 0 Å². The lowest BCUT2D eigenvalue weighted by Crippen LogP contribution is -1.93. The Hall–Kier alpha value is -2.26. The zero-order valence-corrected chi connectivity index (χ0v) is 12.7. The van der Waals surface area contributed by atoms with Crippen LogP contribution in [0, 0.1) is 0 Å². The number of hydrogen-bond donors (Lipinski definition) is 0. The second kappa shape index (κ2) is 6.46. The summed E-state index contributed by atoms with van der Waals surface area (Å²) in [7, 11) is 3.29. The SMILES string of the molecule is COc1ccc2c(-c3ccccc3)nccc2c1OC.Cl. The Kier molecular flexibility index (Phi) is 4.66. The molecule has 0 aliphatic heterocycles. The van der Waals surface area contributed by atoms with E-state index >= 15 is 0 Å². The molecule has 1 heterocycles. The highest BCUT2D eigenvalue weighted by molar-refractivity contribution is 5.99. The molecule has 0 N–H and O–H groups in total. The van der Waals surface area contributed by atoms with Gasteiger partial charge < -0.3 is 9.47 Å². The number of rotatable bonds is 3. The summed E-state index contributed by atoms with van der Waals surface area (Å²) in [5.74, 6) is 1.47. The zero-order valence-electron chi connectivity index (χ0n) is 11.9. The molecule has 108 valence electrons. The smallest absolute Gasteiger partial charge is 0.168 e. The zero-order chi connectivity index (χ0) is 13.9. The molecule has 3 rings (SSSR count). The van der Waals surface area contributed by atoms with Gasteiger partial charge in [0.05, 0.1) is 19.9 Å². The molecule has 0 saturated carbocycles. The van der Waals surface area contributed by atoms with Gasteiger partial charge in [-0.25, -0.2) is 0 Å². The van der Waals surface area contributed by atoms with Gasteiger partial charge in [0.2, 0.25) is 0 Å². The van der Waals surface area contributed by atoms with E-state index in [0.717, 1.165) is 33.5 Å². The summed E-state index contributed by atoms with van der Waals surface area (Å²) in [5.41, 5.74) is 2.04. The first-order valence-corrected chi connectivity index (χ1v) is 6.40. The molecule has 0 aliphatic carbocycles. The minimum atomic E-state index is 0. The van der Waals surface area contributed by atoms with Gasteiger partial charge in [0.15, 0.2) is 11.5 Å². The predicted octanol–water partition coefficient (Wildman–Crippen LogP) is 4.34. The van der Waals surface area contributed by atoms with Crippen LogP contribution in [-0.4, -0.2) is 19.2 Å². The average molecular weight is 302 g/mol. The van der Waals surface area contributed by atoms with Gasteiger partial charge >= 0.3 is 0 Å². The Morgan fingerprint density at radius 1 is 0.810 bits per heavy atom. The number of methoxy groups -OCH3 is 2. The van der Waals surface area contributed by atoms with Crippen LogP contribution in [0.25, 0.3) is 22.0 Å². The number of benzene rings is 2. The van der Waals surface area contributed by atoms with E-state index in [4.69, 9.17) is 9.47 Å². The fourth-order valence-corrected chi connectivity index (χ4v) is 2.40. The summed E-state index contributed by atoms with van der Waals surface area (Å²) >= 11 is 0. The van der Waals surface area contributed by atoms with Crippen molar-refractivity contribution in [1.82, 2.24) is 4.98 Å². The third-order valence-electron chi connectivity index (χ3n) is 3.33. The minimum absolute atomic E-state index is 0. The van der Waals surface area contributed by atoms with E-state index in [0.29, 0.717) is 0 Å². The summed E-state index contributed by atoms with van der Waals surface area (Å²) in [6, 6.07) is 16.0. The van der Waals surface area contributed by atoms with Gasteiger partial charge in [-0.1, -0.05) is 30.3 Å². The summed E-state index contributed by atoms with van der Waals surface area (Å²) in [5, 5.41) is 2.05. The Morgan fingerprint density at radius 3 is 2.24 bits per heavy atom. The second-order valence-electron chi connectivity index (χ2n) is 4.42. The molecule has 4 heteroatoms. The molecule has 0 fully saturated rings. The topological polar surface area (TPSA) is 31.4 Å². The molecule has 3 nitrogen and oxygen atoms in total. The molecule has 0 radical (unpaired) electrons. The van der Waals surface area contributed by atoms with Gasteiger partial charge in [-0.3, -0.25) is 4.98 Å². The molecule has 0 bridgehead atoms. The summed E-state index contributed by atoms with van der Waals surface area (Å²) in [6.45, 7) is 0. The van der Waals surface area contributed by atoms with Gasteiger partial charge in [0, 0.05) is 22.5 Å². The van der Waals surface area contributed by atoms with Crippen LogP contribution in [-0.2, 0) is 0 Å². The molecule has 0 amide bonds. The fourth-order valence-electron chi connectivity index (χ4n) is 2.40. The summed E-state index contributed by atoms with van der Waals surface area (Å²) < 4.78 is 10.8. The van der Waals surface area contributed by atoms with Crippen molar-refractivity contribution < 1.29 is 9.47 Å². The number of hydrogen-bond acceptors (Lipinski definition) is 3. The summed E-state index contributed by atoms with van der Waals surface area (Å²) in [4.78, 5) is 4.51. The standard InChI is InChI=1S/C17H15NO2.ClH/c1-19-15-9-8-13-14(17(15)20-2)10-11-18-16(13)12-6-4-3-5-7-12;/h3-11H,1-2H3;1H. The molecule has 1 aromatic heterocycles. The normalized spacial score (nSPS) is 10.0. The van der Waals surface area contributed by atoms with Crippen LogP contribution in [0.4, 0.5) is 0 Å². The van der Waals surface area contributed by atoms with Gasteiger partial charge in [0.25, 0.3) is 0 Å². The molecule has 21 heavy (non-hydrogen) atoms. The van der Waals surface area contributed by atoms with Crippen molar-refractivity contribution >= 4 is 23.2 Å². The first-order valence-electron chi connectivity index (χ1n) is 6.40. The van der Waals surface area contributed by atoms with Gasteiger partial charge in [0.1, 0.15) is 0 Å². The lowest BCUT2D eigenvalue weighted by Gasteiger charge is -2.12. The molecule has 0 atom stereocenters. The van der Waals surface area contributed by atoms with Crippen molar-refractivity contribution in [2.24, 2.45) is 0 Å². The highest BCUT2D eigenvalue weighted by atomic mass is 35.5. The number of pyridine rings is 1. The third-order valence-corrected chi connectivity index (χ3v) is 3.33. The third kappa shape index (κ3) is 2.65.